The van der Waals surface area contributed by atoms with Gasteiger partial charge in [-0.2, -0.15) is 0 Å². The molecule has 0 aromatic carbocycles. The Labute approximate surface area is 109 Å². The quantitative estimate of drug-likeness (QED) is 0.363. The van der Waals surface area contributed by atoms with Gasteiger partial charge in [-0.3, -0.25) is 0 Å². The molecule has 0 saturated carbocycles. The van der Waals surface area contributed by atoms with Crippen LogP contribution in [-0.2, 0) is 4.74 Å². The van der Waals surface area contributed by atoms with Gasteiger partial charge in [0.15, 0.2) is 0 Å². The van der Waals surface area contributed by atoms with Gasteiger partial charge in [0.25, 0.3) is 0 Å². The van der Waals surface area contributed by atoms with Crippen molar-refractivity contribution < 1.29 is 4.74 Å². The topological polar surface area (TPSA) is 9.23 Å². The molecule has 0 aliphatic rings. The number of unbranched alkanes of at least 4 members (excludes halogenated alkanes) is 10. The van der Waals surface area contributed by atoms with Crippen LogP contribution in [0.1, 0.15) is 84.0 Å². The van der Waals surface area contributed by atoms with Crippen molar-refractivity contribution in [3.63, 3.8) is 0 Å². The summed E-state index contributed by atoms with van der Waals surface area (Å²) in [5.74, 6) is 0. The number of hydrogen-bond acceptors (Lipinski definition) is 1. The maximum absolute atomic E-state index is 5.63. The summed E-state index contributed by atoms with van der Waals surface area (Å²) in [5.41, 5.74) is 0. The average molecular weight is 241 g/mol. The summed E-state index contributed by atoms with van der Waals surface area (Å²) in [5, 5.41) is 0. The summed E-state index contributed by atoms with van der Waals surface area (Å²) in [4.78, 5) is 0. The van der Waals surface area contributed by atoms with Gasteiger partial charge >= 0.3 is 0 Å². The highest BCUT2D eigenvalue weighted by atomic mass is 16.5. The molecule has 0 aromatic rings. The van der Waals surface area contributed by atoms with E-state index < -0.39 is 0 Å². The maximum Gasteiger partial charge on any atom is 0.0466 e. The molecule has 0 fully saturated rings. The van der Waals surface area contributed by atoms with Crippen LogP contribution < -0.4 is 0 Å². The summed E-state index contributed by atoms with van der Waals surface area (Å²) in [7, 11) is 0. The van der Waals surface area contributed by atoms with Gasteiger partial charge < -0.3 is 4.74 Å². The zero-order valence-electron chi connectivity index (χ0n) is 12.0. The minimum Gasteiger partial charge on any atom is -0.381 e. The predicted molar refractivity (Wildman–Crippen MR) is 77.3 cm³/mol. The standard InChI is InChI=1S/C16H33O/c1-3-5-7-9-10-12-14-16-17-15-13-11-8-6-4-2/h1,3-16H2,2H3. The first kappa shape index (κ1) is 17.0. The van der Waals surface area contributed by atoms with E-state index >= 15 is 0 Å². The Morgan fingerprint density at radius 2 is 1.12 bits per heavy atom. The normalized spacial score (nSPS) is 10.9. The first-order chi connectivity index (χ1) is 8.41. The summed E-state index contributed by atoms with van der Waals surface area (Å²) in [6.07, 6.45) is 15.8. The molecule has 1 radical (unpaired) electrons. The zero-order valence-corrected chi connectivity index (χ0v) is 12.0. The lowest BCUT2D eigenvalue weighted by atomic mass is 10.1. The van der Waals surface area contributed by atoms with Gasteiger partial charge in [0.05, 0.1) is 0 Å². The summed E-state index contributed by atoms with van der Waals surface area (Å²) in [6.45, 7) is 8.07. The predicted octanol–water partition coefficient (Wildman–Crippen LogP) is 5.54. The lowest BCUT2D eigenvalue weighted by Crippen LogP contribution is -1.97. The van der Waals surface area contributed by atoms with Crippen LogP contribution in [0, 0.1) is 6.92 Å². The van der Waals surface area contributed by atoms with E-state index in [1.807, 2.05) is 0 Å². The lowest BCUT2D eigenvalue weighted by Gasteiger charge is -2.04. The monoisotopic (exact) mass is 241 g/mol. The Kier molecular flexibility index (Phi) is 15.9. The molecule has 0 bridgehead atoms. The smallest absolute Gasteiger partial charge is 0.0466 e. The summed E-state index contributed by atoms with van der Waals surface area (Å²) >= 11 is 0. The van der Waals surface area contributed by atoms with Crippen molar-refractivity contribution in [2.45, 2.75) is 84.0 Å². The van der Waals surface area contributed by atoms with Crippen molar-refractivity contribution in [1.29, 1.82) is 0 Å². The molecule has 0 saturated heterocycles. The van der Waals surface area contributed by atoms with E-state index in [0.717, 1.165) is 19.6 Å². The second kappa shape index (κ2) is 16.0. The Bertz CT molecular complexity index is 109. The highest BCUT2D eigenvalue weighted by molar-refractivity contribution is 4.47. The van der Waals surface area contributed by atoms with Crippen LogP contribution >= 0.6 is 0 Å². The van der Waals surface area contributed by atoms with E-state index in [1.165, 1.54) is 70.6 Å². The van der Waals surface area contributed by atoms with Gasteiger partial charge in [-0.25, -0.2) is 0 Å². The SMILES string of the molecule is [CH2]CCCCCCCCOCCCCCCC. The molecule has 1 nitrogen and oxygen atoms in total. The summed E-state index contributed by atoms with van der Waals surface area (Å²) < 4.78 is 5.63. The van der Waals surface area contributed by atoms with E-state index in [1.54, 1.807) is 0 Å². The zero-order chi connectivity index (χ0) is 12.6. The van der Waals surface area contributed by atoms with Crippen LogP contribution in [-0.4, -0.2) is 13.2 Å². The number of hydrogen-bond donors (Lipinski definition) is 0. The van der Waals surface area contributed by atoms with Crippen LogP contribution in [0.5, 0.6) is 0 Å². The van der Waals surface area contributed by atoms with Crippen molar-refractivity contribution in [2.75, 3.05) is 13.2 Å². The molecule has 0 amide bonds. The second-order valence-corrected chi connectivity index (χ2v) is 5.00. The molecule has 17 heavy (non-hydrogen) atoms. The molecular weight excluding hydrogens is 208 g/mol. The number of rotatable bonds is 14. The molecular formula is C16H33O. The van der Waals surface area contributed by atoms with Gasteiger partial charge in [-0.05, 0) is 12.8 Å². The maximum atomic E-state index is 5.63. The minimum atomic E-state index is 0.975. The van der Waals surface area contributed by atoms with Gasteiger partial charge in [-0.15, -0.1) is 0 Å². The van der Waals surface area contributed by atoms with Crippen molar-refractivity contribution in [2.24, 2.45) is 0 Å². The Morgan fingerprint density at radius 3 is 1.65 bits per heavy atom. The molecule has 0 rings (SSSR count). The summed E-state index contributed by atoms with van der Waals surface area (Å²) in [6, 6.07) is 0. The van der Waals surface area contributed by atoms with Crippen molar-refractivity contribution in [3.8, 4) is 0 Å². The minimum absolute atomic E-state index is 0.975. The first-order valence-electron chi connectivity index (χ1n) is 7.78. The van der Waals surface area contributed by atoms with Gasteiger partial charge in [-0.1, -0.05) is 78.1 Å². The van der Waals surface area contributed by atoms with Crippen LogP contribution in [0.3, 0.4) is 0 Å². The molecule has 0 N–H and O–H groups in total. The van der Waals surface area contributed by atoms with Gasteiger partial charge in [0.2, 0.25) is 0 Å². The fourth-order valence-electron chi connectivity index (χ4n) is 2.00. The first-order valence-corrected chi connectivity index (χ1v) is 7.78. The van der Waals surface area contributed by atoms with Crippen LogP contribution in [0.15, 0.2) is 0 Å². The van der Waals surface area contributed by atoms with Gasteiger partial charge in [0, 0.05) is 13.2 Å². The van der Waals surface area contributed by atoms with E-state index in [4.69, 9.17) is 4.74 Å². The Hall–Kier alpha value is -0.0400. The molecule has 0 heterocycles. The highest BCUT2D eigenvalue weighted by Crippen LogP contribution is 2.07. The van der Waals surface area contributed by atoms with E-state index in [2.05, 4.69) is 13.8 Å². The molecule has 103 valence electrons. The number of ether oxygens (including phenoxy) is 1. The highest BCUT2D eigenvalue weighted by Gasteiger charge is 1.92. The third-order valence-corrected chi connectivity index (χ3v) is 3.18. The molecule has 0 unspecified atom stereocenters. The molecule has 0 aromatic heterocycles. The average Bonchev–Trinajstić information content (AvgIpc) is 2.35. The molecule has 0 atom stereocenters. The van der Waals surface area contributed by atoms with Crippen LogP contribution in [0.25, 0.3) is 0 Å². The third-order valence-electron chi connectivity index (χ3n) is 3.18. The fourth-order valence-corrected chi connectivity index (χ4v) is 2.00. The van der Waals surface area contributed by atoms with E-state index in [0.29, 0.717) is 0 Å². The van der Waals surface area contributed by atoms with Crippen molar-refractivity contribution in [1.82, 2.24) is 0 Å². The van der Waals surface area contributed by atoms with Crippen molar-refractivity contribution >= 4 is 0 Å². The van der Waals surface area contributed by atoms with Gasteiger partial charge in [0.1, 0.15) is 0 Å². The molecule has 0 aliphatic heterocycles. The van der Waals surface area contributed by atoms with Crippen molar-refractivity contribution in [3.05, 3.63) is 6.92 Å². The Balaban J connectivity index is 2.85. The van der Waals surface area contributed by atoms with E-state index in [9.17, 15) is 0 Å². The molecule has 0 spiro atoms. The molecule has 1 heteroatoms. The molecule has 0 aliphatic carbocycles. The Morgan fingerprint density at radius 1 is 0.647 bits per heavy atom. The lowest BCUT2D eigenvalue weighted by molar-refractivity contribution is 0.125. The van der Waals surface area contributed by atoms with Crippen LogP contribution in [0.4, 0.5) is 0 Å². The third kappa shape index (κ3) is 16.0. The van der Waals surface area contributed by atoms with Crippen LogP contribution in [0.2, 0.25) is 0 Å². The fraction of sp³-hybridized carbons (Fsp3) is 0.938. The largest absolute Gasteiger partial charge is 0.381 e. The second-order valence-electron chi connectivity index (χ2n) is 5.00. The van der Waals surface area contributed by atoms with E-state index in [-0.39, 0.29) is 0 Å².